The third kappa shape index (κ3) is 5.69. The summed E-state index contributed by atoms with van der Waals surface area (Å²) in [4.78, 5) is 13.5. The Labute approximate surface area is 172 Å². The molecule has 3 rings (SSSR count). The Kier molecular flexibility index (Phi) is 6.53. The standard InChI is InChI=1S/C20H31BN2O6/c1-19(2)13-28-21(29-14-19)15-5-6-17(18(11-15)23(25)26)22(12-20(3,4)24)16-7-9-27-10-8-16/h5-6,11,16,24H,7-10,12-14H2,1-4H3. The largest absolute Gasteiger partial charge is 0.494 e. The number of anilines is 1. The van der Waals surface area contributed by atoms with E-state index in [1.54, 1.807) is 19.9 Å². The summed E-state index contributed by atoms with van der Waals surface area (Å²) >= 11 is 0. The van der Waals surface area contributed by atoms with Gasteiger partial charge in [0, 0.05) is 50.5 Å². The van der Waals surface area contributed by atoms with Crippen molar-refractivity contribution in [1.29, 1.82) is 0 Å². The molecule has 9 heteroatoms. The van der Waals surface area contributed by atoms with Crippen molar-refractivity contribution in [3.05, 3.63) is 28.3 Å². The summed E-state index contributed by atoms with van der Waals surface area (Å²) in [6.45, 7) is 10.1. The molecule has 0 bridgehead atoms. The van der Waals surface area contributed by atoms with Crippen molar-refractivity contribution in [2.24, 2.45) is 5.41 Å². The molecule has 1 aromatic rings. The summed E-state index contributed by atoms with van der Waals surface area (Å²) in [6, 6.07) is 5.18. The van der Waals surface area contributed by atoms with E-state index in [0.29, 0.717) is 44.1 Å². The van der Waals surface area contributed by atoms with E-state index in [-0.39, 0.29) is 22.1 Å². The molecule has 0 aromatic heterocycles. The highest BCUT2D eigenvalue weighted by Crippen LogP contribution is 2.33. The average Bonchev–Trinajstić information content (AvgIpc) is 2.66. The predicted molar refractivity (Wildman–Crippen MR) is 112 cm³/mol. The van der Waals surface area contributed by atoms with Gasteiger partial charge in [-0.25, -0.2) is 0 Å². The maximum absolute atomic E-state index is 11.9. The fourth-order valence-electron chi connectivity index (χ4n) is 3.79. The molecule has 8 nitrogen and oxygen atoms in total. The van der Waals surface area contributed by atoms with Gasteiger partial charge < -0.3 is 24.1 Å². The molecule has 0 unspecified atom stereocenters. The van der Waals surface area contributed by atoms with Gasteiger partial charge in [-0.1, -0.05) is 19.9 Å². The second-order valence-electron chi connectivity index (χ2n) is 9.41. The summed E-state index contributed by atoms with van der Waals surface area (Å²) in [7, 11) is -0.610. The maximum atomic E-state index is 11.9. The van der Waals surface area contributed by atoms with E-state index in [0.717, 1.165) is 12.8 Å². The van der Waals surface area contributed by atoms with Gasteiger partial charge in [-0.2, -0.15) is 0 Å². The zero-order valence-electron chi connectivity index (χ0n) is 17.7. The SMILES string of the molecule is CC(C)(O)CN(c1ccc(B2OCC(C)(C)CO2)cc1[N+](=O)[O-])C1CCOCC1. The molecule has 0 amide bonds. The first-order valence-corrected chi connectivity index (χ1v) is 10.1. The molecule has 1 aromatic carbocycles. The van der Waals surface area contributed by atoms with Crippen LogP contribution in [0.5, 0.6) is 0 Å². The Hall–Kier alpha value is -1.68. The van der Waals surface area contributed by atoms with Crippen LogP contribution < -0.4 is 10.4 Å². The summed E-state index contributed by atoms with van der Waals surface area (Å²) in [5.74, 6) is 0. The third-order valence-corrected chi connectivity index (χ3v) is 5.22. The molecule has 2 fully saturated rings. The van der Waals surface area contributed by atoms with Crippen LogP contribution in [0.2, 0.25) is 0 Å². The second-order valence-corrected chi connectivity index (χ2v) is 9.41. The van der Waals surface area contributed by atoms with Crippen LogP contribution in [0, 0.1) is 15.5 Å². The lowest BCUT2D eigenvalue weighted by Crippen LogP contribution is -2.48. The number of hydrogen-bond donors (Lipinski definition) is 1. The quantitative estimate of drug-likeness (QED) is 0.439. The van der Waals surface area contributed by atoms with Gasteiger partial charge in [0.25, 0.3) is 5.69 Å². The van der Waals surface area contributed by atoms with Crippen LogP contribution in [0.1, 0.15) is 40.5 Å². The minimum Gasteiger partial charge on any atom is -0.407 e. The number of nitrogens with zero attached hydrogens (tertiary/aromatic N) is 2. The zero-order chi connectivity index (χ0) is 21.2. The molecule has 0 saturated carbocycles. The molecular formula is C20H31BN2O6. The van der Waals surface area contributed by atoms with Gasteiger partial charge in [-0.3, -0.25) is 10.1 Å². The average molecular weight is 406 g/mol. The van der Waals surface area contributed by atoms with Crippen molar-refractivity contribution in [1.82, 2.24) is 0 Å². The highest BCUT2D eigenvalue weighted by Gasteiger charge is 2.36. The predicted octanol–water partition coefficient (Wildman–Crippen LogP) is 2.12. The topological polar surface area (TPSA) is 94.3 Å². The van der Waals surface area contributed by atoms with Crippen LogP contribution in [-0.2, 0) is 14.0 Å². The Morgan fingerprint density at radius 1 is 1.28 bits per heavy atom. The lowest BCUT2D eigenvalue weighted by atomic mass is 9.75. The van der Waals surface area contributed by atoms with Crippen molar-refractivity contribution >= 4 is 24.0 Å². The minimum absolute atomic E-state index is 0.00437. The van der Waals surface area contributed by atoms with E-state index in [4.69, 9.17) is 14.0 Å². The van der Waals surface area contributed by atoms with E-state index >= 15 is 0 Å². The van der Waals surface area contributed by atoms with E-state index in [1.165, 1.54) is 6.07 Å². The van der Waals surface area contributed by atoms with Crippen LogP contribution in [0.25, 0.3) is 0 Å². The van der Waals surface area contributed by atoms with Crippen molar-refractivity contribution in [3.63, 3.8) is 0 Å². The zero-order valence-corrected chi connectivity index (χ0v) is 17.7. The van der Waals surface area contributed by atoms with Gasteiger partial charge in [-0.05, 0) is 38.2 Å². The summed E-state index contributed by atoms with van der Waals surface area (Å²) in [5.41, 5.74) is 0.0614. The Morgan fingerprint density at radius 2 is 1.90 bits per heavy atom. The summed E-state index contributed by atoms with van der Waals surface area (Å²) in [6.07, 6.45) is 1.53. The van der Waals surface area contributed by atoms with Crippen LogP contribution in [0.15, 0.2) is 18.2 Å². The number of rotatable bonds is 6. The van der Waals surface area contributed by atoms with E-state index in [9.17, 15) is 15.2 Å². The maximum Gasteiger partial charge on any atom is 0.494 e. The normalized spacial score (nSPS) is 20.5. The molecule has 0 aliphatic carbocycles. The molecular weight excluding hydrogens is 375 g/mol. The third-order valence-electron chi connectivity index (χ3n) is 5.22. The van der Waals surface area contributed by atoms with Gasteiger partial charge in [0.1, 0.15) is 5.69 Å². The van der Waals surface area contributed by atoms with Gasteiger partial charge in [0.15, 0.2) is 0 Å². The monoisotopic (exact) mass is 406 g/mol. The molecule has 2 heterocycles. The molecule has 0 atom stereocenters. The van der Waals surface area contributed by atoms with Crippen LogP contribution in [-0.4, -0.2) is 61.8 Å². The summed E-state index contributed by atoms with van der Waals surface area (Å²) in [5, 5.41) is 22.4. The van der Waals surface area contributed by atoms with Crippen molar-refractivity contribution < 1.29 is 24.1 Å². The summed E-state index contributed by atoms with van der Waals surface area (Å²) < 4.78 is 17.0. The molecule has 2 aliphatic heterocycles. The first-order chi connectivity index (χ1) is 13.6. The van der Waals surface area contributed by atoms with Crippen LogP contribution in [0.4, 0.5) is 11.4 Å². The Bertz CT molecular complexity index is 720. The molecule has 1 N–H and O–H groups in total. The van der Waals surface area contributed by atoms with Gasteiger partial charge in [0.05, 0.1) is 10.5 Å². The smallest absolute Gasteiger partial charge is 0.407 e. The van der Waals surface area contributed by atoms with E-state index < -0.39 is 12.7 Å². The Balaban J connectivity index is 1.92. The molecule has 0 radical (unpaired) electrons. The van der Waals surface area contributed by atoms with E-state index in [2.05, 4.69) is 13.8 Å². The molecule has 160 valence electrons. The second kappa shape index (κ2) is 8.59. The van der Waals surface area contributed by atoms with Crippen LogP contribution >= 0.6 is 0 Å². The first-order valence-electron chi connectivity index (χ1n) is 10.1. The van der Waals surface area contributed by atoms with E-state index in [1.807, 2.05) is 11.0 Å². The van der Waals surface area contributed by atoms with Crippen molar-refractivity contribution in [2.45, 2.75) is 52.2 Å². The molecule has 2 aliphatic rings. The van der Waals surface area contributed by atoms with Gasteiger partial charge >= 0.3 is 7.12 Å². The minimum atomic E-state index is -0.994. The molecule has 0 spiro atoms. The van der Waals surface area contributed by atoms with Crippen molar-refractivity contribution in [2.75, 3.05) is 37.9 Å². The molecule has 2 saturated heterocycles. The number of aliphatic hydroxyl groups is 1. The lowest BCUT2D eigenvalue weighted by molar-refractivity contribution is -0.384. The number of nitro groups is 1. The Morgan fingerprint density at radius 3 is 2.45 bits per heavy atom. The van der Waals surface area contributed by atoms with Crippen LogP contribution in [0.3, 0.4) is 0 Å². The van der Waals surface area contributed by atoms with Gasteiger partial charge in [0.2, 0.25) is 0 Å². The molecule has 29 heavy (non-hydrogen) atoms. The lowest BCUT2D eigenvalue weighted by Gasteiger charge is -2.39. The van der Waals surface area contributed by atoms with Crippen molar-refractivity contribution in [3.8, 4) is 0 Å². The number of nitro benzene ring substituents is 1. The number of ether oxygens (including phenoxy) is 1. The van der Waals surface area contributed by atoms with Gasteiger partial charge in [-0.15, -0.1) is 0 Å². The fraction of sp³-hybridized carbons (Fsp3) is 0.700. The highest BCUT2D eigenvalue weighted by atomic mass is 16.6. The first kappa shape index (κ1) is 22.0. The highest BCUT2D eigenvalue weighted by molar-refractivity contribution is 6.61. The number of benzene rings is 1. The number of hydrogen-bond acceptors (Lipinski definition) is 7. The fourth-order valence-corrected chi connectivity index (χ4v) is 3.79.